The minimum absolute atomic E-state index is 0. The van der Waals surface area contributed by atoms with Gasteiger partial charge in [0.15, 0.2) is 5.69 Å². The average molecular weight is 358 g/mol. The van der Waals surface area contributed by atoms with E-state index in [1.165, 1.54) is 0 Å². The summed E-state index contributed by atoms with van der Waals surface area (Å²) >= 11 is 0. The molecule has 1 aliphatic rings. The maximum absolute atomic E-state index is 13.0. The van der Waals surface area contributed by atoms with Crippen LogP contribution in [0.5, 0.6) is 0 Å². The number of aromatic nitrogens is 2. The number of hydrogen-bond donors (Lipinski definition) is 2. The summed E-state index contributed by atoms with van der Waals surface area (Å²) in [5.74, 6) is 0.510. The maximum Gasteiger partial charge on any atom is 0.274 e. The van der Waals surface area contributed by atoms with Gasteiger partial charge in [-0.3, -0.25) is 9.89 Å². The lowest BCUT2D eigenvalue weighted by Crippen LogP contribution is -2.41. The first-order valence-electron chi connectivity index (χ1n) is 8.85. The first kappa shape index (κ1) is 20.9. The lowest BCUT2D eigenvalue weighted by atomic mass is 10.1. The Hall–Kier alpha value is -1.11. The van der Waals surface area contributed by atoms with E-state index < -0.39 is 0 Å². The summed E-state index contributed by atoms with van der Waals surface area (Å²) in [6, 6.07) is 0. The van der Waals surface area contributed by atoms with Gasteiger partial charge >= 0.3 is 0 Å². The van der Waals surface area contributed by atoms with Gasteiger partial charge in [0.2, 0.25) is 0 Å². The molecule has 24 heavy (non-hydrogen) atoms. The fourth-order valence-corrected chi connectivity index (χ4v) is 3.07. The lowest BCUT2D eigenvalue weighted by Gasteiger charge is -2.28. The van der Waals surface area contributed by atoms with Crippen LogP contribution < -0.4 is 5.32 Å². The molecule has 0 radical (unpaired) electrons. The molecule has 1 amide bonds. The van der Waals surface area contributed by atoms with Gasteiger partial charge in [-0.15, -0.1) is 12.4 Å². The van der Waals surface area contributed by atoms with Gasteiger partial charge in [-0.25, -0.2) is 0 Å². The standard InChI is InChI=1S/C17H31N5O.ClH/c1-5-21(6-2)9-10-22(12-13(3)4)17(23)16-14-11-18-8-7-15(14)19-20-16;/h13,18H,5-12H2,1-4H3,(H,19,20);1H. The Kier molecular flexibility index (Phi) is 8.73. The van der Waals surface area contributed by atoms with Gasteiger partial charge in [0.25, 0.3) is 5.91 Å². The van der Waals surface area contributed by atoms with Crippen LogP contribution in [0.1, 0.15) is 49.4 Å². The Labute approximate surface area is 151 Å². The van der Waals surface area contributed by atoms with Crippen molar-refractivity contribution in [3.8, 4) is 0 Å². The van der Waals surface area contributed by atoms with Crippen molar-refractivity contribution in [2.45, 2.75) is 40.7 Å². The minimum Gasteiger partial charge on any atom is -0.336 e. The highest BCUT2D eigenvalue weighted by molar-refractivity contribution is 5.94. The second kappa shape index (κ2) is 10.0. The Balaban J connectivity index is 0.00000288. The smallest absolute Gasteiger partial charge is 0.274 e. The topological polar surface area (TPSA) is 64.3 Å². The van der Waals surface area contributed by atoms with Crippen molar-refractivity contribution >= 4 is 18.3 Å². The van der Waals surface area contributed by atoms with E-state index in [-0.39, 0.29) is 18.3 Å². The molecule has 0 saturated heterocycles. The lowest BCUT2D eigenvalue weighted by molar-refractivity contribution is 0.0709. The van der Waals surface area contributed by atoms with Gasteiger partial charge in [-0.2, -0.15) is 5.10 Å². The Morgan fingerprint density at radius 1 is 1.25 bits per heavy atom. The van der Waals surface area contributed by atoms with Gasteiger partial charge in [0.05, 0.1) is 0 Å². The van der Waals surface area contributed by atoms with Gasteiger partial charge in [-0.1, -0.05) is 27.7 Å². The number of rotatable bonds is 8. The average Bonchev–Trinajstić information content (AvgIpc) is 2.97. The van der Waals surface area contributed by atoms with E-state index in [1.54, 1.807) is 0 Å². The summed E-state index contributed by atoms with van der Waals surface area (Å²) in [7, 11) is 0. The number of halogens is 1. The van der Waals surface area contributed by atoms with Crippen molar-refractivity contribution < 1.29 is 4.79 Å². The first-order valence-corrected chi connectivity index (χ1v) is 8.85. The van der Waals surface area contributed by atoms with Gasteiger partial charge < -0.3 is 15.1 Å². The van der Waals surface area contributed by atoms with E-state index >= 15 is 0 Å². The highest BCUT2D eigenvalue weighted by atomic mass is 35.5. The molecule has 2 N–H and O–H groups in total. The molecule has 0 fully saturated rings. The normalized spacial score (nSPS) is 13.8. The number of nitrogens with one attached hydrogen (secondary N) is 2. The van der Waals surface area contributed by atoms with E-state index in [0.29, 0.717) is 11.6 Å². The zero-order chi connectivity index (χ0) is 16.8. The molecule has 0 spiro atoms. The van der Waals surface area contributed by atoms with Crippen LogP contribution in [-0.2, 0) is 13.0 Å². The van der Waals surface area contributed by atoms with Crippen molar-refractivity contribution in [3.05, 3.63) is 17.0 Å². The van der Waals surface area contributed by atoms with Crippen LogP contribution in [0.15, 0.2) is 0 Å². The monoisotopic (exact) mass is 357 g/mol. The van der Waals surface area contributed by atoms with Crippen LogP contribution >= 0.6 is 12.4 Å². The van der Waals surface area contributed by atoms with E-state index in [2.05, 4.69) is 48.1 Å². The molecule has 7 heteroatoms. The Morgan fingerprint density at radius 2 is 1.96 bits per heavy atom. The van der Waals surface area contributed by atoms with Crippen molar-refractivity contribution in [1.29, 1.82) is 0 Å². The molecule has 0 bridgehead atoms. The fourth-order valence-electron chi connectivity index (χ4n) is 3.07. The third kappa shape index (κ3) is 5.19. The molecule has 138 valence electrons. The van der Waals surface area contributed by atoms with Crippen LogP contribution in [0.25, 0.3) is 0 Å². The SMILES string of the molecule is CCN(CC)CCN(CC(C)C)C(=O)c1n[nH]c2c1CNCC2.Cl. The summed E-state index contributed by atoms with van der Waals surface area (Å²) in [5.41, 5.74) is 2.77. The summed E-state index contributed by atoms with van der Waals surface area (Å²) in [5, 5.41) is 10.7. The van der Waals surface area contributed by atoms with Crippen LogP contribution in [0.3, 0.4) is 0 Å². The number of amides is 1. The van der Waals surface area contributed by atoms with Crippen molar-refractivity contribution in [1.82, 2.24) is 25.3 Å². The number of H-pyrrole nitrogens is 1. The molecule has 0 aliphatic carbocycles. The third-order valence-corrected chi connectivity index (χ3v) is 4.46. The summed E-state index contributed by atoms with van der Waals surface area (Å²) < 4.78 is 0. The molecule has 0 unspecified atom stereocenters. The number of carbonyl (C=O) groups excluding carboxylic acids is 1. The molecule has 0 saturated carbocycles. The first-order chi connectivity index (χ1) is 11.1. The largest absolute Gasteiger partial charge is 0.336 e. The zero-order valence-electron chi connectivity index (χ0n) is 15.4. The second-order valence-corrected chi connectivity index (χ2v) is 6.63. The van der Waals surface area contributed by atoms with E-state index in [9.17, 15) is 4.79 Å². The van der Waals surface area contributed by atoms with Crippen LogP contribution in [0, 0.1) is 5.92 Å². The highest BCUT2D eigenvalue weighted by Crippen LogP contribution is 2.17. The molecule has 2 heterocycles. The quantitative estimate of drug-likeness (QED) is 0.746. The third-order valence-electron chi connectivity index (χ3n) is 4.46. The molecular formula is C17H32ClN5O. The second-order valence-electron chi connectivity index (χ2n) is 6.63. The number of hydrogen-bond acceptors (Lipinski definition) is 4. The highest BCUT2D eigenvalue weighted by Gasteiger charge is 2.26. The van der Waals surface area contributed by atoms with Crippen LogP contribution in [0.4, 0.5) is 0 Å². The minimum atomic E-state index is 0. The molecule has 2 rings (SSSR count). The Morgan fingerprint density at radius 3 is 2.58 bits per heavy atom. The zero-order valence-corrected chi connectivity index (χ0v) is 16.2. The van der Waals surface area contributed by atoms with Crippen molar-refractivity contribution in [2.75, 3.05) is 39.3 Å². The van der Waals surface area contributed by atoms with E-state index in [1.807, 2.05) is 4.90 Å². The Bertz CT molecular complexity index is 513. The molecule has 6 nitrogen and oxygen atoms in total. The molecule has 1 aliphatic heterocycles. The number of likely N-dealkylation sites (N-methyl/N-ethyl adjacent to an activating group) is 1. The van der Waals surface area contributed by atoms with Crippen LogP contribution in [0.2, 0.25) is 0 Å². The van der Waals surface area contributed by atoms with Crippen LogP contribution in [-0.4, -0.2) is 65.2 Å². The maximum atomic E-state index is 13.0. The van der Waals surface area contributed by atoms with Gasteiger partial charge in [0, 0.05) is 50.4 Å². The summed E-state index contributed by atoms with van der Waals surface area (Å²) in [4.78, 5) is 17.3. The van der Waals surface area contributed by atoms with Crippen molar-refractivity contribution in [2.24, 2.45) is 5.92 Å². The molecule has 0 aromatic carbocycles. The number of nitrogens with zero attached hydrogens (tertiary/aromatic N) is 3. The predicted molar refractivity (Wildman–Crippen MR) is 99.8 cm³/mol. The molecule has 1 aromatic rings. The number of carbonyl (C=O) groups is 1. The fraction of sp³-hybridized carbons (Fsp3) is 0.765. The van der Waals surface area contributed by atoms with Gasteiger partial charge in [0.1, 0.15) is 0 Å². The molecule has 0 atom stereocenters. The van der Waals surface area contributed by atoms with E-state index in [4.69, 9.17) is 0 Å². The summed E-state index contributed by atoms with van der Waals surface area (Å²) in [6.07, 6.45) is 0.916. The van der Waals surface area contributed by atoms with Crippen molar-refractivity contribution in [3.63, 3.8) is 0 Å². The van der Waals surface area contributed by atoms with E-state index in [0.717, 1.165) is 63.5 Å². The number of fused-ring (bicyclic) bond motifs is 1. The molecular weight excluding hydrogens is 326 g/mol. The van der Waals surface area contributed by atoms with Gasteiger partial charge in [-0.05, 0) is 19.0 Å². The number of aromatic amines is 1. The predicted octanol–water partition coefficient (Wildman–Crippen LogP) is 1.92. The summed E-state index contributed by atoms with van der Waals surface area (Å²) in [6.45, 7) is 14.8. The molecule has 1 aromatic heterocycles.